The molecule has 1 aromatic carbocycles. The molecule has 1 aliphatic rings. The van der Waals surface area contributed by atoms with Crippen LogP contribution in [0.4, 0.5) is 13.2 Å². The highest BCUT2D eigenvalue weighted by Crippen LogP contribution is 2.32. The van der Waals surface area contributed by atoms with Crippen LogP contribution in [0.1, 0.15) is 18.1 Å². The quantitative estimate of drug-likeness (QED) is 0.903. The first-order chi connectivity index (χ1) is 8.50. The minimum atomic E-state index is -4.19. The number of rotatable bonds is 4. The van der Waals surface area contributed by atoms with Crippen LogP contribution >= 0.6 is 11.8 Å². The minimum Gasteiger partial charge on any atom is -0.306 e. The van der Waals surface area contributed by atoms with E-state index in [0.29, 0.717) is 6.54 Å². The molecule has 2 rings (SSSR count). The van der Waals surface area contributed by atoms with E-state index in [1.54, 1.807) is 18.7 Å². The molecule has 0 fully saturated rings. The Kier molecular flexibility index (Phi) is 4.22. The molecule has 5 heteroatoms. The summed E-state index contributed by atoms with van der Waals surface area (Å²) in [5, 5.41) is 2.51. The fraction of sp³-hybridized carbons (Fsp3) is 0.538. The number of thioether (sulfide) groups is 1. The van der Waals surface area contributed by atoms with Gasteiger partial charge in [0.15, 0.2) is 0 Å². The highest BCUT2D eigenvalue weighted by atomic mass is 32.2. The molecule has 18 heavy (non-hydrogen) atoms. The summed E-state index contributed by atoms with van der Waals surface area (Å²) in [5.41, 5.74) is 1.95. The number of benzene rings is 1. The lowest BCUT2D eigenvalue weighted by molar-refractivity contribution is -0.155. The average molecular weight is 275 g/mol. The molecule has 0 aromatic heterocycles. The number of aryl methyl sites for hydroxylation is 1. The summed E-state index contributed by atoms with van der Waals surface area (Å²) in [6.07, 6.45) is -3.22. The van der Waals surface area contributed by atoms with Crippen molar-refractivity contribution in [1.29, 1.82) is 0 Å². The van der Waals surface area contributed by atoms with Gasteiger partial charge >= 0.3 is 6.18 Å². The summed E-state index contributed by atoms with van der Waals surface area (Å²) >= 11 is 1.77. The summed E-state index contributed by atoms with van der Waals surface area (Å²) in [6.45, 7) is 2.02. The van der Waals surface area contributed by atoms with Gasteiger partial charge in [-0.1, -0.05) is 19.1 Å². The van der Waals surface area contributed by atoms with E-state index in [9.17, 15) is 13.2 Å². The molecule has 0 radical (unpaired) electrons. The Morgan fingerprint density at radius 1 is 1.39 bits per heavy atom. The first kappa shape index (κ1) is 13.7. The van der Waals surface area contributed by atoms with Gasteiger partial charge in [-0.2, -0.15) is 13.2 Å². The van der Waals surface area contributed by atoms with Crippen molar-refractivity contribution in [3.05, 3.63) is 29.3 Å². The fourth-order valence-corrected chi connectivity index (χ4v) is 3.21. The second-order valence-electron chi connectivity index (χ2n) is 4.40. The van der Waals surface area contributed by atoms with E-state index in [1.807, 2.05) is 18.2 Å². The summed E-state index contributed by atoms with van der Waals surface area (Å²) in [7, 11) is 0. The van der Waals surface area contributed by atoms with Gasteiger partial charge in [0.1, 0.15) is 6.04 Å². The van der Waals surface area contributed by atoms with E-state index in [1.165, 1.54) is 10.5 Å². The van der Waals surface area contributed by atoms with Crippen LogP contribution in [0.5, 0.6) is 0 Å². The molecular weight excluding hydrogens is 259 g/mol. The molecule has 0 bridgehead atoms. The molecule has 100 valence electrons. The Labute approximate surface area is 109 Å². The predicted octanol–water partition coefficient (Wildman–Crippen LogP) is 3.42. The third-order valence-corrected chi connectivity index (χ3v) is 4.16. The first-order valence-corrected chi connectivity index (χ1v) is 7.04. The number of halogens is 3. The molecule has 1 atom stereocenters. The van der Waals surface area contributed by atoms with Crippen molar-refractivity contribution in [2.45, 2.75) is 36.9 Å². The van der Waals surface area contributed by atoms with Crippen LogP contribution in [0.3, 0.4) is 0 Å². The molecule has 1 heterocycles. The van der Waals surface area contributed by atoms with Crippen molar-refractivity contribution in [2.75, 3.05) is 12.3 Å². The van der Waals surface area contributed by atoms with Gasteiger partial charge in [0.05, 0.1) is 0 Å². The summed E-state index contributed by atoms with van der Waals surface area (Å²) in [6, 6.07) is 4.23. The van der Waals surface area contributed by atoms with Gasteiger partial charge in [-0.05, 0) is 36.6 Å². The number of hydrogen-bond donors (Lipinski definition) is 1. The van der Waals surface area contributed by atoms with Crippen molar-refractivity contribution in [2.24, 2.45) is 0 Å². The van der Waals surface area contributed by atoms with Crippen molar-refractivity contribution < 1.29 is 13.2 Å². The van der Waals surface area contributed by atoms with Gasteiger partial charge in [-0.15, -0.1) is 11.8 Å². The van der Waals surface area contributed by atoms with Crippen LogP contribution in [0.2, 0.25) is 0 Å². The van der Waals surface area contributed by atoms with Crippen molar-refractivity contribution in [1.82, 2.24) is 5.32 Å². The van der Waals surface area contributed by atoms with Crippen LogP contribution in [0.15, 0.2) is 23.1 Å². The lowest BCUT2D eigenvalue weighted by Gasteiger charge is -2.21. The molecule has 1 N–H and O–H groups in total. The molecular formula is C13H16F3NS. The molecule has 1 nitrogen and oxygen atoms in total. The molecule has 1 aliphatic heterocycles. The molecule has 0 amide bonds. The Hall–Kier alpha value is -0.680. The Morgan fingerprint density at radius 3 is 2.83 bits per heavy atom. The van der Waals surface area contributed by atoms with Crippen molar-refractivity contribution in [3.63, 3.8) is 0 Å². The monoisotopic (exact) mass is 275 g/mol. The predicted molar refractivity (Wildman–Crippen MR) is 68.1 cm³/mol. The maximum Gasteiger partial charge on any atom is 0.404 e. The van der Waals surface area contributed by atoms with Crippen molar-refractivity contribution >= 4 is 11.8 Å². The highest BCUT2D eigenvalue weighted by Gasteiger charge is 2.38. The summed E-state index contributed by atoms with van der Waals surface area (Å²) in [4.78, 5) is 1.21. The smallest absolute Gasteiger partial charge is 0.306 e. The zero-order valence-corrected chi connectivity index (χ0v) is 11.0. The number of likely N-dealkylation sites (N-methyl/N-ethyl adjacent to an activating group) is 1. The van der Waals surface area contributed by atoms with Gasteiger partial charge in [0.2, 0.25) is 0 Å². The highest BCUT2D eigenvalue weighted by molar-refractivity contribution is 7.99. The van der Waals surface area contributed by atoms with E-state index in [0.717, 1.165) is 17.7 Å². The van der Waals surface area contributed by atoms with Crippen LogP contribution < -0.4 is 5.32 Å². The minimum absolute atomic E-state index is 0.00921. The number of fused-ring (bicyclic) bond motifs is 1. The van der Waals surface area contributed by atoms with E-state index in [2.05, 4.69) is 5.32 Å². The standard InChI is InChI=1S/C13H16F3NS/c1-2-17-12(13(14,15)16)8-9-3-4-11-10(7-9)5-6-18-11/h3-4,7,12,17H,2,5-6,8H2,1H3. The lowest BCUT2D eigenvalue weighted by atomic mass is 10.0. The normalized spacial score (nSPS) is 16.7. The molecule has 1 aromatic rings. The molecule has 1 unspecified atom stereocenters. The van der Waals surface area contributed by atoms with E-state index in [4.69, 9.17) is 0 Å². The number of nitrogens with one attached hydrogen (secondary N) is 1. The fourth-order valence-electron chi connectivity index (χ4n) is 2.15. The van der Waals surface area contributed by atoms with Gasteiger partial charge < -0.3 is 5.32 Å². The number of alkyl halides is 3. The molecule has 0 spiro atoms. The average Bonchev–Trinajstić information content (AvgIpc) is 2.74. The van der Waals surface area contributed by atoms with Crippen LogP contribution in [0.25, 0.3) is 0 Å². The molecule has 0 saturated heterocycles. The van der Waals surface area contributed by atoms with Crippen LogP contribution in [-0.4, -0.2) is 24.5 Å². The molecule has 0 saturated carbocycles. The maximum absolute atomic E-state index is 12.8. The zero-order chi connectivity index (χ0) is 13.2. The lowest BCUT2D eigenvalue weighted by Crippen LogP contribution is -2.43. The Balaban J connectivity index is 2.11. The van der Waals surface area contributed by atoms with Crippen molar-refractivity contribution in [3.8, 4) is 0 Å². The summed E-state index contributed by atoms with van der Waals surface area (Å²) < 4.78 is 38.4. The Bertz CT molecular complexity index is 417. The first-order valence-electron chi connectivity index (χ1n) is 6.05. The largest absolute Gasteiger partial charge is 0.404 e. The second kappa shape index (κ2) is 5.53. The van der Waals surface area contributed by atoms with Gasteiger partial charge in [0.25, 0.3) is 0 Å². The van der Waals surface area contributed by atoms with Gasteiger partial charge in [0, 0.05) is 10.6 Å². The zero-order valence-electron chi connectivity index (χ0n) is 10.2. The second-order valence-corrected chi connectivity index (χ2v) is 5.53. The van der Waals surface area contributed by atoms with Gasteiger partial charge in [-0.25, -0.2) is 0 Å². The van der Waals surface area contributed by atoms with Gasteiger partial charge in [-0.3, -0.25) is 0 Å². The van der Waals surface area contributed by atoms with Crippen LogP contribution in [0, 0.1) is 0 Å². The van der Waals surface area contributed by atoms with E-state index < -0.39 is 12.2 Å². The van der Waals surface area contributed by atoms with E-state index in [-0.39, 0.29) is 6.42 Å². The van der Waals surface area contributed by atoms with Crippen LogP contribution in [-0.2, 0) is 12.8 Å². The summed E-state index contributed by atoms with van der Waals surface area (Å²) in [5.74, 6) is 1.04. The third-order valence-electron chi connectivity index (χ3n) is 3.04. The third kappa shape index (κ3) is 3.20. The Morgan fingerprint density at radius 2 is 2.17 bits per heavy atom. The van der Waals surface area contributed by atoms with E-state index >= 15 is 0 Å². The number of hydrogen-bond acceptors (Lipinski definition) is 2. The molecule has 0 aliphatic carbocycles. The maximum atomic E-state index is 12.8. The topological polar surface area (TPSA) is 12.0 Å². The SMILES string of the molecule is CCNC(Cc1ccc2c(c1)CCS2)C(F)(F)F.